The second kappa shape index (κ2) is 6.90. The van der Waals surface area contributed by atoms with Gasteiger partial charge in [-0.3, -0.25) is 4.79 Å². The summed E-state index contributed by atoms with van der Waals surface area (Å²) < 4.78 is 10.8. The highest BCUT2D eigenvalue weighted by Gasteiger charge is 2.38. The monoisotopic (exact) mass is 364 g/mol. The van der Waals surface area contributed by atoms with Crippen molar-refractivity contribution in [3.8, 4) is 11.5 Å². The van der Waals surface area contributed by atoms with Crippen LogP contribution in [0.3, 0.4) is 0 Å². The van der Waals surface area contributed by atoms with Crippen molar-refractivity contribution in [3.05, 3.63) is 46.5 Å². The fraction of sp³-hybridized carbons (Fsp3) is 0.333. The molecule has 3 rings (SSSR count). The zero-order valence-electron chi connectivity index (χ0n) is 13.4. The number of ether oxygens (including phenoxy) is 2. The minimum atomic E-state index is -0.802. The Bertz CT molecular complexity index is 782. The van der Waals surface area contributed by atoms with Gasteiger partial charge in [0.1, 0.15) is 29.3 Å². The van der Waals surface area contributed by atoms with Crippen molar-refractivity contribution < 1.29 is 29.3 Å². The van der Waals surface area contributed by atoms with Gasteiger partial charge in [0, 0.05) is 24.5 Å². The van der Waals surface area contributed by atoms with E-state index in [2.05, 4.69) is 0 Å². The lowest BCUT2D eigenvalue weighted by Crippen LogP contribution is -2.19. The van der Waals surface area contributed by atoms with Crippen LogP contribution < -0.4 is 0 Å². The van der Waals surface area contributed by atoms with Crippen molar-refractivity contribution in [2.75, 3.05) is 0 Å². The lowest BCUT2D eigenvalue weighted by molar-refractivity contribution is -0.114. The van der Waals surface area contributed by atoms with Crippen LogP contribution in [0.2, 0.25) is 5.02 Å². The van der Waals surface area contributed by atoms with E-state index in [1.807, 2.05) is 6.08 Å². The van der Waals surface area contributed by atoms with E-state index in [1.54, 1.807) is 19.1 Å². The summed E-state index contributed by atoms with van der Waals surface area (Å²) in [6.07, 6.45) is 6.13. The number of benzene rings is 1. The molecule has 0 aromatic heterocycles. The number of aromatic hydroxyl groups is 2. The maximum Gasteiger partial charge on any atom is 0.342 e. The molecule has 0 spiro atoms. The molecule has 25 heavy (non-hydrogen) atoms. The van der Waals surface area contributed by atoms with Crippen LogP contribution in [0.15, 0.2) is 30.4 Å². The maximum atomic E-state index is 12.5. The molecule has 0 amide bonds. The van der Waals surface area contributed by atoms with E-state index in [0.29, 0.717) is 6.42 Å². The van der Waals surface area contributed by atoms with Gasteiger partial charge < -0.3 is 19.7 Å². The molecular weight excluding hydrogens is 348 g/mol. The average Bonchev–Trinajstić information content (AvgIpc) is 3.25. The number of carbonyl (C=O) groups is 2. The molecule has 0 aliphatic carbocycles. The molecule has 1 saturated heterocycles. The molecule has 0 unspecified atom stereocenters. The lowest BCUT2D eigenvalue weighted by Gasteiger charge is -2.16. The quantitative estimate of drug-likeness (QED) is 0.542. The number of rotatable bonds is 0. The van der Waals surface area contributed by atoms with E-state index in [4.69, 9.17) is 21.1 Å². The summed E-state index contributed by atoms with van der Waals surface area (Å²) in [6.45, 7) is 1.72. The molecule has 0 saturated carbocycles. The predicted molar refractivity (Wildman–Crippen MR) is 89.9 cm³/mol. The fourth-order valence-electron chi connectivity index (χ4n) is 2.78. The van der Waals surface area contributed by atoms with Crippen molar-refractivity contribution in [2.45, 2.75) is 38.1 Å². The average molecular weight is 365 g/mol. The number of halogens is 1. The summed E-state index contributed by atoms with van der Waals surface area (Å²) in [5.74, 6) is -2.04. The molecule has 1 aromatic rings. The number of phenolic OH excluding ortho intramolecular Hbond substituents is 2. The van der Waals surface area contributed by atoms with E-state index >= 15 is 0 Å². The Morgan fingerprint density at radius 2 is 1.96 bits per heavy atom. The smallest absolute Gasteiger partial charge is 0.342 e. The van der Waals surface area contributed by atoms with Gasteiger partial charge in [0.05, 0.1) is 11.1 Å². The van der Waals surface area contributed by atoms with Crippen LogP contribution in [0.5, 0.6) is 11.5 Å². The van der Waals surface area contributed by atoms with Gasteiger partial charge in [0.2, 0.25) is 0 Å². The molecule has 2 aliphatic rings. The SMILES string of the molecule is C[C@H]1C[C@H]2O[C@H]2/C=C\C=C\C(=O)Cc2c(Cl)c(O)cc(O)c2C(=O)O1. The van der Waals surface area contributed by atoms with Crippen molar-refractivity contribution in [1.82, 2.24) is 0 Å². The van der Waals surface area contributed by atoms with Gasteiger partial charge in [0.15, 0.2) is 5.78 Å². The first-order chi connectivity index (χ1) is 11.9. The van der Waals surface area contributed by atoms with Gasteiger partial charge in [-0.25, -0.2) is 4.79 Å². The number of hydrogen-bond acceptors (Lipinski definition) is 6. The molecule has 2 aliphatic heterocycles. The van der Waals surface area contributed by atoms with E-state index in [9.17, 15) is 19.8 Å². The molecule has 3 atom stereocenters. The predicted octanol–water partition coefficient (Wildman–Crippen LogP) is 2.69. The second-order valence-corrected chi connectivity index (χ2v) is 6.44. The van der Waals surface area contributed by atoms with Crippen LogP contribution in [-0.2, 0) is 20.7 Å². The summed E-state index contributed by atoms with van der Waals surface area (Å²) in [5.41, 5.74) is -0.176. The molecular formula is C18H17ClO6. The van der Waals surface area contributed by atoms with Crippen molar-refractivity contribution in [3.63, 3.8) is 0 Å². The van der Waals surface area contributed by atoms with E-state index in [1.165, 1.54) is 6.08 Å². The number of fused-ring (bicyclic) bond motifs is 2. The largest absolute Gasteiger partial charge is 0.507 e. The Morgan fingerprint density at radius 1 is 1.20 bits per heavy atom. The van der Waals surface area contributed by atoms with Crippen LogP contribution in [0.1, 0.15) is 29.3 Å². The van der Waals surface area contributed by atoms with Gasteiger partial charge in [-0.15, -0.1) is 0 Å². The van der Waals surface area contributed by atoms with Gasteiger partial charge >= 0.3 is 5.97 Å². The van der Waals surface area contributed by atoms with E-state index < -0.39 is 23.6 Å². The molecule has 132 valence electrons. The number of carbonyl (C=O) groups excluding carboxylic acids is 2. The van der Waals surface area contributed by atoms with E-state index in [-0.39, 0.29) is 40.6 Å². The summed E-state index contributed by atoms with van der Waals surface area (Å²) in [6, 6.07) is 0.958. The van der Waals surface area contributed by atoms with Gasteiger partial charge in [0.25, 0.3) is 0 Å². The first-order valence-electron chi connectivity index (χ1n) is 7.84. The van der Waals surface area contributed by atoms with Crippen LogP contribution >= 0.6 is 11.6 Å². The van der Waals surface area contributed by atoms with Gasteiger partial charge in [-0.2, -0.15) is 0 Å². The number of epoxide rings is 1. The standard InChI is InChI=1S/C18H17ClO6/c1-9-6-15-14(25-15)5-3-2-4-10(20)7-11-16(18(23)24-9)12(21)8-13(22)17(11)19/h2-5,8-9,14-15,21-22H,6-7H2,1H3/b4-2+,5-3-/t9-,14-,15+/m0/s1. The Labute approximate surface area is 149 Å². The third kappa shape index (κ3) is 3.86. The molecule has 0 bridgehead atoms. The summed E-state index contributed by atoms with van der Waals surface area (Å²) in [5, 5.41) is 19.7. The number of phenols is 2. The number of allylic oxidation sites excluding steroid dienone is 3. The van der Waals surface area contributed by atoms with Crippen LogP contribution in [0.4, 0.5) is 0 Å². The molecule has 1 fully saturated rings. The zero-order valence-corrected chi connectivity index (χ0v) is 14.2. The molecule has 2 heterocycles. The van der Waals surface area contributed by atoms with Gasteiger partial charge in [-0.05, 0) is 13.0 Å². The normalized spacial score (nSPS) is 29.0. The van der Waals surface area contributed by atoms with Crippen LogP contribution in [0, 0.1) is 0 Å². The molecule has 0 radical (unpaired) electrons. The molecule has 7 heteroatoms. The van der Waals surface area contributed by atoms with Gasteiger partial charge in [-0.1, -0.05) is 29.8 Å². The highest BCUT2D eigenvalue weighted by Crippen LogP contribution is 2.37. The highest BCUT2D eigenvalue weighted by atomic mass is 35.5. The topological polar surface area (TPSA) is 96.4 Å². The number of cyclic esters (lactones) is 1. The molecule has 6 nitrogen and oxygen atoms in total. The zero-order chi connectivity index (χ0) is 18.1. The minimum Gasteiger partial charge on any atom is -0.507 e. The Kier molecular flexibility index (Phi) is 4.83. The fourth-order valence-corrected chi connectivity index (χ4v) is 3.00. The maximum absolute atomic E-state index is 12.5. The van der Waals surface area contributed by atoms with Crippen LogP contribution in [-0.4, -0.2) is 40.3 Å². The Balaban J connectivity index is 2.01. The number of ketones is 1. The van der Waals surface area contributed by atoms with E-state index in [0.717, 1.165) is 6.07 Å². The lowest BCUT2D eigenvalue weighted by atomic mass is 10.00. The summed E-state index contributed by atoms with van der Waals surface area (Å²) >= 11 is 6.05. The van der Waals surface area contributed by atoms with Crippen LogP contribution in [0.25, 0.3) is 0 Å². The Hall–Kier alpha value is -2.31. The third-order valence-corrected chi connectivity index (χ3v) is 4.49. The first kappa shape index (κ1) is 17.5. The number of hydrogen-bond donors (Lipinski definition) is 2. The second-order valence-electron chi connectivity index (χ2n) is 6.06. The minimum absolute atomic E-state index is 0.0348. The third-order valence-electron chi connectivity index (χ3n) is 4.06. The summed E-state index contributed by atoms with van der Waals surface area (Å²) in [7, 11) is 0. The number of esters is 1. The van der Waals surface area contributed by atoms with Crippen molar-refractivity contribution >= 4 is 23.4 Å². The highest BCUT2D eigenvalue weighted by molar-refractivity contribution is 6.33. The molecule has 1 aromatic carbocycles. The van der Waals surface area contributed by atoms with Crippen molar-refractivity contribution in [2.24, 2.45) is 0 Å². The van der Waals surface area contributed by atoms with Crippen molar-refractivity contribution in [1.29, 1.82) is 0 Å². The summed E-state index contributed by atoms with van der Waals surface area (Å²) in [4.78, 5) is 24.6. The first-order valence-corrected chi connectivity index (χ1v) is 8.22. The Morgan fingerprint density at radius 3 is 2.72 bits per heavy atom. The molecule has 2 N–H and O–H groups in total.